The summed E-state index contributed by atoms with van der Waals surface area (Å²) in [5.41, 5.74) is 0. The molecule has 0 aromatic heterocycles. The minimum Gasteiger partial charge on any atom is -0.377 e. The van der Waals surface area contributed by atoms with E-state index in [0.29, 0.717) is 6.10 Å². The highest BCUT2D eigenvalue weighted by molar-refractivity contribution is 4.73. The Morgan fingerprint density at radius 2 is 2.16 bits per heavy atom. The van der Waals surface area contributed by atoms with E-state index in [2.05, 4.69) is 36.1 Å². The Bertz CT molecular complexity index is 212. The van der Waals surface area contributed by atoms with Gasteiger partial charge in [0.25, 0.3) is 0 Å². The normalized spacial score (nSPS) is 21.2. The van der Waals surface area contributed by atoms with E-state index >= 15 is 0 Å². The molecule has 0 spiro atoms. The van der Waals surface area contributed by atoms with Gasteiger partial charge in [0.1, 0.15) is 0 Å². The molecule has 0 radical (unpaired) electrons. The summed E-state index contributed by atoms with van der Waals surface area (Å²) in [5.74, 6) is 0. The summed E-state index contributed by atoms with van der Waals surface area (Å²) in [7, 11) is 4.26. The maximum Gasteiger partial charge on any atom is 0.0702 e. The van der Waals surface area contributed by atoms with Gasteiger partial charge in [0.15, 0.2) is 0 Å². The number of ether oxygens (including phenoxy) is 1. The monoisotopic (exact) mass is 271 g/mol. The van der Waals surface area contributed by atoms with Gasteiger partial charge in [-0.3, -0.25) is 4.90 Å². The molecule has 4 nitrogen and oxygen atoms in total. The van der Waals surface area contributed by atoms with Crippen LogP contribution in [0, 0.1) is 0 Å². The van der Waals surface area contributed by atoms with Crippen LogP contribution in [-0.2, 0) is 4.74 Å². The van der Waals surface area contributed by atoms with Crippen LogP contribution in [0.4, 0.5) is 0 Å². The van der Waals surface area contributed by atoms with E-state index in [4.69, 9.17) is 4.74 Å². The summed E-state index contributed by atoms with van der Waals surface area (Å²) in [6.45, 7) is 10.0. The second-order valence-corrected chi connectivity index (χ2v) is 5.84. The number of rotatable bonds is 10. The Kier molecular flexibility index (Phi) is 9.43. The van der Waals surface area contributed by atoms with Crippen molar-refractivity contribution in [2.24, 2.45) is 0 Å². The Labute approximate surface area is 119 Å². The van der Waals surface area contributed by atoms with Gasteiger partial charge in [-0.15, -0.1) is 0 Å². The van der Waals surface area contributed by atoms with Crippen molar-refractivity contribution in [3.8, 4) is 0 Å². The molecule has 0 aliphatic carbocycles. The highest BCUT2D eigenvalue weighted by atomic mass is 16.5. The highest BCUT2D eigenvalue weighted by Gasteiger charge is 2.19. The molecule has 4 heteroatoms. The van der Waals surface area contributed by atoms with Crippen molar-refractivity contribution < 1.29 is 4.74 Å². The van der Waals surface area contributed by atoms with Crippen molar-refractivity contribution >= 4 is 0 Å². The molecule has 19 heavy (non-hydrogen) atoms. The van der Waals surface area contributed by atoms with Gasteiger partial charge in [-0.25, -0.2) is 0 Å². The molecule has 1 heterocycles. The zero-order chi connectivity index (χ0) is 13.9. The fourth-order valence-corrected chi connectivity index (χ4v) is 2.52. The average molecular weight is 271 g/mol. The third-order valence-corrected chi connectivity index (χ3v) is 3.58. The lowest BCUT2D eigenvalue weighted by Crippen LogP contribution is -2.43. The molecule has 1 fully saturated rings. The lowest BCUT2D eigenvalue weighted by atomic mass is 10.1. The van der Waals surface area contributed by atoms with E-state index in [-0.39, 0.29) is 0 Å². The number of hydrogen-bond donors (Lipinski definition) is 1. The van der Waals surface area contributed by atoms with Crippen LogP contribution in [0.25, 0.3) is 0 Å². The molecule has 1 aliphatic rings. The summed E-state index contributed by atoms with van der Waals surface area (Å²) >= 11 is 0. The zero-order valence-corrected chi connectivity index (χ0v) is 13.2. The molecule has 0 aromatic rings. The lowest BCUT2D eigenvalue weighted by molar-refractivity contribution is 0.000376. The third kappa shape index (κ3) is 8.58. The minimum atomic E-state index is 0.474. The number of nitrogens with zero attached hydrogens (tertiary/aromatic N) is 2. The van der Waals surface area contributed by atoms with Gasteiger partial charge >= 0.3 is 0 Å². The number of hydrogen-bond acceptors (Lipinski definition) is 4. The Morgan fingerprint density at radius 1 is 1.32 bits per heavy atom. The van der Waals surface area contributed by atoms with Gasteiger partial charge in [0.05, 0.1) is 6.10 Å². The van der Waals surface area contributed by atoms with E-state index in [1.54, 1.807) is 0 Å². The third-order valence-electron chi connectivity index (χ3n) is 3.58. The van der Waals surface area contributed by atoms with Crippen molar-refractivity contribution in [2.45, 2.75) is 38.7 Å². The molecule has 114 valence electrons. The molecule has 1 unspecified atom stereocenters. The van der Waals surface area contributed by atoms with Crippen LogP contribution in [0.15, 0.2) is 0 Å². The fourth-order valence-electron chi connectivity index (χ4n) is 2.52. The summed E-state index contributed by atoms with van der Waals surface area (Å²) in [4.78, 5) is 4.78. The van der Waals surface area contributed by atoms with Crippen LogP contribution >= 0.6 is 0 Å². The van der Waals surface area contributed by atoms with E-state index < -0.39 is 0 Å². The molecule has 0 saturated carbocycles. The quantitative estimate of drug-likeness (QED) is 0.608. The van der Waals surface area contributed by atoms with Gasteiger partial charge < -0.3 is 15.0 Å². The molecule has 1 aliphatic heterocycles. The SMILES string of the molecule is CCCOC1CCCN(CCNCCCN(C)C)C1. The van der Waals surface area contributed by atoms with Crippen LogP contribution in [0.5, 0.6) is 0 Å². The number of piperidine rings is 1. The van der Waals surface area contributed by atoms with Gasteiger partial charge in [-0.2, -0.15) is 0 Å². The summed E-state index contributed by atoms with van der Waals surface area (Å²) in [6, 6.07) is 0. The summed E-state index contributed by atoms with van der Waals surface area (Å²) in [6.07, 6.45) is 5.36. The van der Waals surface area contributed by atoms with Gasteiger partial charge in [0.2, 0.25) is 0 Å². The molecule has 1 N–H and O–H groups in total. The van der Waals surface area contributed by atoms with Gasteiger partial charge in [-0.05, 0) is 59.4 Å². The summed E-state index contributed by atoms with van der Waals surface area (Å²) < 4.78 is 5.87. The second kappa shape index (κ2) is 10.6. The van der Waals surface area contributed by atoms with Crippen molar-refractivity contribution in [1.82, 2.24) is 15.1 Å². The number of nitrogens with one attached hydrogen (secondary N) is 1. The second-order valence-electron chi connectivity index (χ2n) is 5.84. The average Bonchev–Trinajstić information content (AvgIpc) is 2.40. The highest BCUT2D eigenvalue weighted by Crippen LogP contribution is 2.12. The molecule has 0 aromatic carbocycles. The van der Waals surface area contributed by atoms with Crippen LogP contribution in [0.2, 0.25) is 0 Å². The Morgan fingerprint density at radius 3 is 2.89 bits per heavy atom. The first-order valence-electron chi connectivity index (χ1n) is 7.91. The van der Waals surface area contributed by atoms with E-state index in [1.165, 1.54) is 32.4 Å². The van der Waals surface area contributed by atoms with Gasteiger partial charge in [0, 0.05) is 26.2 Å². The maximum atomic E-state index is 5.87. The first-order chi connectivity index (χ1) is 9.22. The standard InChI is InChI=1S/C15H33N3O/c1-4-13-19-15-7-5-11-18(14-15)12-9-16-8-6-10-17(2)3/h15-16H,4-14H2,1-3H3. The van der Waals surface area contributed by atoms with Crippen molar-refractivity contribution in [3.63, 3.8) is 0 Å². The minimum absolute atomic E-state index is 0.474. The van der Waals surface area contributed by atoms with E-state index in [9.17, 15) is 0 Å². The molecule has 0 bridgehead atoms. The zero-order valence-electron chi connectivity index (χ0n) is 13.2. The molecular formula is C15H33N3O. The topological polar surface area (TPSA) is 27.7 Å². The number of likely N-dealkylation sites (tertiary alicyclic amines) is 1. The molecule has 1 saturated heterocycles. The van der Waals surface area contributed by atoms with Crippen molar-refractivity contribution in [1.29, 1.82) is 0 Å². The van der Waals surface area contributed by atoms with Crippen LogP contribution in [-0.4, -0.2) is 75.9 Å². The molecule has 1 atom stereocenters. The Hall–Kier alpha value is -0.160. The smallest absolute Gasteiger partial charge is 0.0702 e. The van der Waals surface area contributed by atoms with Crippen LogP contribution in [0.3, 0.4) is 0 Å². The van der Waals surface area contributed by atoms with Crippen LogP contribution < -0.4 is 5.32 Å². The fraction of sp³-hybridized carbons (Fsp3) is 1.00. The molecule has 1 rings (SSSR count). The van der Waals surface area contributed by atoms with E-state index in [1.807, 2.05) is 0 Å². The lowest BCUT2D eigenvalue weighted by Gasteiger charge is -2.32. The predicted octanol–water partition coefficient (Wildman–Crippen LogP) is 1.42. The van der Waals surface area contributed by atoms with Crippen molar-refractivity contribution in [3.05, 3.63) is 0 Å². The molecular weight excluding hydrogens is 238 g/mol. The largest absolute Gasteiger partial charge is 0.377 e. The Balaban J connectivity index is 1.99. The first-order valence-corrected chi connectivity index (χ1v) is 7.91. The van der Waals surface area contributed by atoms with Crippen molar-refractivity contribution in [2.75, 3.05) is 60.0 Å². The summed E-state index contributed by atoms with van der Waals surface area (Å²) in [5, 5.41) is 3.54. The van der Waals surface area contributed by atoms with E-state index in [0.717, 1.165) is 39.2 Å². The van der Waals surface area contributed by atoms with Gasteiger partial charge in [-0.1, -0.05) is 6.92 Å². The maximum absolute atomic E-state index is 5.87. The molecule has 0 amide bonds. The predicted molar refractivity (Wildman–Crippen MR) is 81.7 cm³/mol. The van der Waals surface area contributed by atoms with Crippen LogP contribution in [0.1, 0.15) is 32.6 Å². The first kappa shape index (κ1) is 16.9.